The number of methoxy groups -OCH3 is 1. The van der Waals surface area contributed by atoms with Crippen molar-refractivity contribution in [1.82, 2.24) is 4.98 Å². The lowest BCUT2D eigenvalue weighted by molar-refractivity contribution is -0.938. The van der Waals surface area contributed by atoms with Crippen molar-refractivity contribution in [1.29, 1.82) is 0 Å². The van der Waals surface area contributed by atoms with Crippen molar-refractivity contribution in [3.05, 3.63) is 68.8 Å². The highest BCUT2D eigenvalue weighted by Crippen LogP contribution is 2.37. The minimum Gasteiger partial charge on any atom is -0.465 e. The fourth-order valence-electron chi connectivity index (χ4n) is 5.28. The fraction of sp³-hybridized carbons (Fsp3) is 0.385. The van der Waals surface area contributed by atoms with Crippen LogP contribution in [0.3, 0.4) is 0 Å². The highest BCUT2D eigenvalue weighted by molar-refractivity contribution is 7.12. The van der Waals surface area contributed by atoms with Crippen LogP contribution in [0.15, 0.2) is 53.4 Å². The number of carbonyl (C=O) groups excluding carboxylic acids is 3. The number of benzene rings is 1. The first-order chi connectivity index (χ1) is 17.5. The van der Waals surface area contributed by atoms with E-state index < -0.39 is 18.0 Å². The summed E-state index contributed by atoms with van der Waals surface area (Å²) in [5, 5.41) is 7.35. The van der Waals surface area contributed by atoms with Gasteiger partial charge in [0.25, 0.3) is 0 Å². The zero-order valence-electron chi connectivity index (χ0n) is 19.9. The first-order valence-corrected chi connectivity index (χ1v) is 13.7. The molecule has 0 aliphatic carbocycles. The van der Waals surface area contributed by atoms with Gasteiger partial charge >= 0.3 is 11.9 Å². The maximum absolute atomic E-state index is 13.6. The molecule has 2 bridgehead atoms. The number of nitrogens with one attached hydrogen (secondary N) is 1. The summed E-state index contributed by atoms with van der Waals surface area (Å²) in [7, 11) is 1.33. The minimum absolute atomic E-state index is 0.0482. The molecule has 188 valence electrons. The molecule has 3 aliphatic rings. The van der Waals surface area contributed by atoms with E-state index in [4.69, 9.17) is 9.47 Å². The molecule has 1 N–H and O–H groups in total. The Bertz CT molecular complexity index is 1220. The van der Waals surface area contributed by atoms with Crippen LogP contribution in [0.5, 0.6) is 0 Å². The second-order valence-corrected chi connectivity index (χ2v) is 11.2. The van der Waals surface area contributed by atoms with Crippen LogP contribution in [0.25, 0.3) is 0 Å². The van der Waals surface area contributed by atoms with Gasteiger partial charge in [-0.1, -0.05) is 30.3 Å². The molecular formula is C26H28N3O5S2+. The van der Waals surface area contributed by atoms with Crippen LogP contribution in [0.2, 0.25) is 0 Å². The van der Waals surface area contributed by atoms with Gasteiger partial charge in [0, 0.05) is 30.3 Å². The van der Waals surface area contributed by atoms with Crippen molar-refractivity contribution in [2.45, 2.75) is 25.0 Å². The van der Waals surface area contributed by atoms with Crippen LogP contribution in [-0.4, -0.2) is 66.6 Å². The lowest BCUT2D eigenvalue weighted by Gasteiger charge is -2.51. The summed E-state index contributed by atoms with van der Waals surface area (Å²) in [6, 6.07) is 10.3. The van der Waals surface area contributed by atoms with Gasteiger partial charge in [-0.2, -0.15) is 0 Å². The third kappa shape index (κ3) is 5.07. The standard InChI is InChI=1S/C26H27N3O5S2/c1-33-26(32)23-19(9-13-35-23)28-22(18-5-3-2-4-6-18)25(31)34-21-16-29(11-7-17(21)8-12-29)15-20(30)24-27-10-14-36-24/h2-6,9-10,13-14,17,21-22H,7-8,11-12,15-16H2,1H3/p+1/t17?,21-,22?,29?/m0/s1. The number of hydrogen-bond acceptors (Lipinski definition) is 9. The summed E-state index contributed by atoms with van der Waals surface area (Å²) in [6.07, 6.45) is 3.23. The smallest absolute Gasteiger partial charge is 0.350 e. The monoisotopic (exact) mass is 526 g/mol. The molecule has 0 spiro atoms. The normalized spacial score (nSPS) is 23.6. The summed E-state index contributed by atoms with van der Waals surface area (Å²) in [6.45, 7) is 2.83. The second kappa shape index (κ2) is 10.5. The number of aromatic nitrogens is 1. The van der Waals surface area contributed by atoms with Gasteiger partial charge in [0.1, 0.15) is 18.0 Å². The Labute approximate surface area is 217 Å². The number of quaternary nitrogens is 1. The molecule has 10 heteroatoms. The summed E-state index contributed by atoms with van der Waals surface area (Å²) >= 11 is 2.62. The van der Waals surface area contributed by atoms with Crippen LogP contribution < -0.4 is 5.32 Å². The van der Waals surface area contributed by atoms with Gasteiger partial charge in [-0.15, -0.1) is 22.7 Å². The highest BCUT2D eigenvalue weighted by Gasteiger charge is 2.49. The van der Waals surface area contributed by atoms with E-state index in [-0.39, 0.29) is 17.8 Å². The largest absolute Gasteiger partial charge is 0.465 e. The van der Waals surface area contributed by atoms with Crippen molar-refractivity contribution in [3.63, 3.8) is 0 Å². The number of hydrogen-bond donors (Lipinski definition) is 1. The molecule has 0 radical (unpaired) electrons. The number of ketones is 1. The number of esters is 2. The zero-order valence-corrected chi connectivity index (χ0v) is 21.6. The molecule has 1 aromatic carbocycles. The zero-order chi connectivity index (χ0) is 25.1. The third-order valence-corrected chi connectivity index (χ3v) is 8.87. The van der Waals surface area contributed by atoms with E-state index in [1.807, 2.05) is 35.7 Å². The molecule has 0 saturated carbocycles. The fourth-order valence-corrected chi connectivity index (χ4v) is 6.62. The van der Waals surface area contributed by atoms with Crippen LogP contribution >= 0.6 is 22.7 Å². The Morgan fingerprint density at radius 1 is 1.11 bits per heavy atom. The molecular weight excluding hydrogens is 498 g/mol. The molecule has 0 amide bonds. The van der Waals surface area contributed by atoms with Gasteiger partial charge in [0.15, 0.2) is 17.2 Å². The molecule has 2 aromatic heterocycles. The van der Waals surface area contributed by atoms with Gasteiger partial charge in [-0.3, -0.25) is 4.79 Å². The highest BCUT2D eigenvalue weighted by atomic mass is 32.1. The van der Waals surface area contributed by atoms with Crippen molar-refractivity contribution in [2.75, 3.05) is 38.6 Å². The van der Waals surface area contributed by atoms with Crippen LogP contribution in [-0.2, 0) is 14.3 Å². The first-order valence-electron chi connectivity index (χ1n) is 11.9. The Hall–Kier alpha value is -3.08. The Balaban J connectivity index is 1.33. The number of ether oxygens (including phenoxy) is 2. The Morgan fingerprint density at radius 3 is 2.58 bits per heavy atom. The van der Waals surface area contributed by atoms with Crippen LogP contribution in [0, 0.1) is 5.92 Å². The maximum Gasteiger partial charge on any atom is 0.350 e. The summed E-state index contributed by atoms with van der Waals surface area (Å²) in [4.78, 5) is 43.2. The summed E-state index contributed by atoms with van der Waals surface area (Å²) in [5.41, 5.74) is 1.28. The lowest BCUT2D eigenvalue weighted by Crippen LogP contribution is -2.65. The molecule has 36 heavy (non-hydrogen) atoms. The van der Waals surface area contributed by atoms with Crippen LogP contribution in [0.4, 0.5) is 5.69 Å². The van der Waals surface area contributed by atoms with E-state index in [1.165, 1.54) is 29.8 Å². The number of rotatable bonds is 9. The predicted molar refractivity (Wildman–Crippen MR) is 137 cm³/mol. The number of piperidine rings is 3. The average molecular weight is 527 g/mol. The second-order valence-electron chi connectivity index (χ2n) is 9.35. The van der Waals surface area contributed by atoms with Crippen molar-refractivity contribution in [2.24, 2.45) is 5.92 Å². The Kier molecular flexibility index (Phi) is 7.17. The van der Waals surface area contributed by atoms with Gasteiger partial charge in [-0.25, -0.2) is 14.6 Å². The van der Waals surface area contributed by atoms with E-state index in [2.05, 4.69) is 10.3 Å². The first kappa shape index (κ1) is 24.6. The molecule has 8 nitrogen and oxygen atoms in total. The lowest BCUT2D eigenvalue weighted by atomic mass is 9.83. The van der Waals surface area contributed by atoms with Gasteiger partial charge in [0.2, 0.25) is 5.78 Å². The topological polar surface area (TPSA) is 94.6 Å². The molecule has 1 unspecified atom stereocenters. The Morgan fingerprint density at radius 2 is 1.89 bits per heavy atom. The molecule has 3 aromatic rings. The number of carbonyl (C=O) groups is 3. The molecule has 6 rings (SSSR count). The average Bonchev–Trinajstić information content (AvgIpc) is 3.60. The van der Waals surface area contributed by atoms with E-state index in [1.54, 1.807) is 17.6 Å². The number of thiazole rings is 1. The maximum atomic E-state index is 13.6. The number of Topliss-reactive ketones (excluding diaryl/α,β-unsaturated/α-hetero) is 1. The van der Waals surface area contributed by atoms with Gasteiger partial charge < -0.3 is 19.3 Å². The molecule has 2 atom stereocenters. The number of thiophene rings is 1. The van der Waals surface area contributed by atoms with Crippen LogP contribution in [0.1, 0.15) is 43.9 Å². The number of fused-ring (bicyclic) bond motifs is 3. The molecule has 3 saturated heterocycles. The summed E-state index contributed by atoms with van der Waals surface area (Å²) < 4.78 is 11.7. The number of anilines is 1. The van der Waals surface area contributed by atoms with E-state index >= 15 is 0 Å². The molecule has 3 aliphatic heterocycles. The summed E-state index contributed by atoms with van der Waals surface area (Å²) in [5.74, 6) is -0.521. The van der Waals surface area contributed by atoms with Gasteiger partial charge in [-0.05, 0) is 17.0 Å². The molecule has 3 fully saturated rings. The van der Waals surface area contributed by atoms with Gasteiger partial charge in [0.05, 0.1) is 25.9 Å². The molecule has 5 heterocycles. The third-order valence-electron chi connectivity index (χ3n) is 7.16. The van der Waals surface area contributed by atoms with E-state index in [0.717, 1.165) is 31.5 Å². The van der Waals surface area contributed by atoms with E-state index in [9.17, 15) is 14.4 Å². The quantitative estimate of drug-likeness (QED) is 0.254. The van der Waals surface area contributed by atoms with Crippen molar-refractivity contribution >= 4 is 46.1 Å². The minimum atomic E-state index is -0.787. The number of nitrogens with zero attached hydrogens (tertiary/aromatic N) is 2. The van der Waals surface area contributed by atoms with Crippen molar-refractivity contribution in [3.8, 4) is 0 Å². The SMILES string of the molecule is COC(=O)c1sccc1NC(C(=O)O[C@H]1C[N+]2(CC(=O)c3nccs3)CCC1CC2)c1ccccc1. The van der Waals surface area contributed by atoms with Crippen molar-refractivity contribution < 1.29 is 28.3 Å². The predicted octanol–water partition coefficient (Wildman–Crippen LogP) is 4.18. The van der Waals surface area contributed by atoms with E-state index in [0.29, 0.717) is 33.1 Å².